The summed E-state index contributed by atoms with van der Waals surface area (Å²) in [5.41, 5.74) is 1.24. The van der Waals surface area contributed by atoms with Gasteiger partial charge in [0.15, 0.2) is 11.0 Å². The summed E-state index contributed by atoms with van der Waals surface area (Å²) < 4.78 is 7.44. The van der Waals surface area contributed by atoms with E-state index in [0.717, 1.165) is 37.2 Å². The number of nitrogens with zero attached hydrogens (tertiary/aromatic N) is 6. The fourth-order valence-corrected chi connectivity index (χ4v) is 4.10. The van der Waals surface area contributed by atoms with Crippen molar-refractivity contribution >= 4 is 11.8 Å². The number of rotatable bonds is 7. The number of aryl methyl sites for hydroxylation is 1. The summed E-state index contributed by atoms with van der Waals surface area (Å²) in [7, 11) is 0. The molecule has 8 heteroatoms. The van der Waals surface area contributed by atoms with Crippen LogP contribution < -0.4 is 0 Å². The summed E-state index contributed by atoms with van der Waals surface area (Å²) >= 11 is 1.59. The highest BCUT2D eigenvalue weighted by Gasteiger charge is 2.18. The van der Waals surface area contributed by atoms with Crippen molar-refractivity contribution in [3.05, 3.63) is 53.4 Å². The van der Waals surface area contributed by atoms with E-state index >= 15 is 0 Å². The minimum Gasteiger partial charge on any atom is -0.338 e. The Morgan fingerprint density at radius 2 is 1.85 bits per heavy atom. The molecule has 1 aliphatic heterocycles. The van der Waals surface area contributed by atoms with Gasteiger partial charge in [-0.15, -0.1) is 10.2 Å². The zero-order valence-corrected chi connectivity index (χ0v) is 16.4. The standard InChI is InChI=1S/C19H24N6OS/c1-15-20-18(26-23-15)14-27-19-22-21-17(13-24-10-6-3-7-11-24)25(19)12-16-8-4-2-5-9-16/h2,4-5,8-9H,3,6-7,10-14H2,1H3. The highest BCUT2D eigenvalue weighted by atomic mass is 32.2. The third-order valence-corrected chi connectivity index (χ3v) is 5.64. The summed E-state index contributed by atoms with van der Waals surface area (Å²) in [6, 6.07) is 10.5. The van der Waals surface area contributed by atoms with Crippen LogP contribution in [-0.4, -0.2) is 42.9 Å². The minimum absolute atomic E-state index is 0.595. The van der Waals surface area contributed by atoms with Crippen LogP contribution in [0.5, 0.6) is 0 Å². The molecule has 27 heavy (non-hydrogen) atoms. The molecule has 3 aromatic rings. The third-order valence-electron chi connectivity index (χ3n) is 4.69. The number of piperidine rings is 1. The molecule has 1 aliphatic rings. The van der Waals surface area contributed by atoms with Gasteiger partial charge in [-0.05, 0) is 38.4 Å². The van der Waals surface area contributed by atoms with E-state index in [1.54, 1.807) is 11.8 Å². The lowest BCUT2D eigenvalue weighted by molar-refractivity contribution is 0.213. The average Bonchev–Trinajstić information content (AvgIpc) is 3.28. The fourth-order valence-electron chi connectivity index (χ4n) is 3.31. The summed E-state index contributed by atoms with van der Waals surface area (Å²) in [4.78, 5) is 6.75. The molecule has 1 aromatic carbocycles. The summed E-state index contributed by atoms with van der Waals surface area (Å²) in [6.45, 7) is 5.72. The monoisotopic (exact) mass is 384 g/mol. The second-order valence-corrected chi connectivity index (χ2v) is 7.77. The van der Waals surface area contributed by atoms with E-state index < -0.39 is 0 Å². The number of thioether (sulfide) groups is 1. The van der Waals surface area contributed by atoms with Crippen molar-refractivity contribution in [1.29, 1.82) is 0 Å². The first-order chi connectivity index (χ1) is 13.3. The third kappa shape index (κ3) is 4.75. The number of aromatic nitrogens is 5. The highest BCUT2D eigenvalue weighted by Crippen LogP contribution is 2.23. The van der Waals surface area contributed by atoms with Gasteiger partial charge in [0.05, 0.1) is 18.8 Å². The topological polar surface area (TPSA) is 72.9 Å². The van der Waals surface area contributed by atoms with Crippen LogP contribution in [0.2, 0.25) is 0 Å². The van der Waals surface area contributed by atoms with Crippen molar-refractivity contribution in [2.45, 2.75) is 50.2 Å². The van der Waals surface area contributed by atoms with Crippen molar-refractivity contribution in [2.75, 3.05) is 13.1 Å². The quantitative estimate of drug-likeness (QED) is 0.579. The minimum atomic E-state index is 0.595. The highest BCUT2D eigenvalue weighted by molar-refractivity contribution is 7.98. The van der Waals surface area contributed by atoms with Crippen LogP contribution >= 0.6 is 11.8 Å². The molecule has 0 radical (unpaired) electrons. The van der Waals surface area contributed by atoms with Gasteiger partial charge in [0, 0.05) is 0 Å². The lowest BCUT2D eigenvalue weighted by atomic mass is 10.1. The van der Waals surface area contributed by atoms with Gasteiger partial charge in [-0.3, -0.25) is 4.90 Å². The van der Waals surface area contributed by atoms with Gasteiger partial charge in [-0.1, -0.05) is 53.7 Å². The zero-order chi connectivity index (χ0) is 18.5. The Morgan fingerprint density at radius 1 is 1.04 bits per heavy atom. The second-order valence-electron chi connectivity index (χ2n) is 6.83. The number of hydrogen-bond acceptors (Lipinski definition) is 7. The Bertz CT molecular complexity index is 856. The molecule has 1 saturated heterocycles. The van der Waals surface area contributed by atoms with E-state index in [-0.39, 0.29) is 0 Å². The van der Waals surface area contributed by atoms with E-state index in [1.165, 1.54) is 24.8 Å². The molecular weight excluding hydrogens is 360 g/mol. The van der Waals surface area contributed by atoms with Gasteiger partial charge < -0.3 is 9.09 Å². The molecule has 2 aromatic heterocycles. The van der Waals surface area contributed by atoms with E-state index in [1.807, 2.05) is 13.0 Å². The molecular formula is C19H24N6OS. The smallest absolute Gasteiger partial charge is 0.237 e. The molecule has 0 aliphatic carbocycles. The molecule has 0 atom stereocenters. The van der Waals surface area contributed by atoms with E-state index in [2.05, 4.69) is 54.1 Å². The van der Waals surface area contributed by atoms with Crippen LogP contribution in [0.15, 0.2) is 40.0 Å². The van der Waals surface area contributed by atoms with Gasteiger partial charge in [-0.2, -0.15) is 4.98 Å². The normalized spacial score (nSPS) is 15.3. The van der Waals surface area contributed by atoms with Crippen LogP contribution in [-0.2, 0) is 18.8 Å². The van der Waals surface area contributed by atoms with Crippen LogP contribution in [0.25, 0.3) is 0 Å². The predicted octanol–water partition coefficient (Wildman–Crippen LogP) is 3.30. The maximum Gasteiger partial charge on any atom is 0.237 e. The second kappa shape index (κ2) is 8.67. The van der Waals surface area contributed by atoms with Crippen LogP contribution in [0.4, 0.5) is 0 Å². The maximum absolute atomic E-state index is 5.22. The molecule has 142 valence electrons. The van der Waals surface area contributed by atoms with E-state index in [4.69, 9.17) is 4.52 Å². The molecule has 0 bridgehead atoms. The fraction of sp³-hybridized carbons (Fsp3) is 0.474. The molecule has 4 rings (SSSR count). The molecule has 0 saturated carbocycles. The Labute approximate surface area is 163 Å². The van der Waals surface area contributed by atoms with Crippen molar-refractivity contribution in [3.8, 4) is 0 Å². The number of likely N-dealkylation sites (tertiary alicyclic amines) is 1. The molecule has 0 amide bonds. The zero-order valence-electron chi connectivity index (χ0n) is 15.5. The molecule has 3 heterocycles. The van der Waals surface area contributed by atoms with Crippen molar-refractivity contribution < 1.29 is 4.52 Å². The largest absolute Gasteiger partial charge is 0.338 e. The predicted molar refractivity (Wildman–Crippen MR) is 103 cm³/mol. The molecule has 0 N–H and O–H groups in total. The van der Waals surface area contributed by atoms with Gasteiger partial charge in [-0.25, -0.2) is 0 Å². The van der Waals surface area contributed by atoms with Gasteiger partial charge >= 0.3 is 0 Å². The average molecular weight is 385 g/mol. The van der Waals surface area contributed by atoms with Gasteiger partial charge in [0.2, 0.25) is 5.89 Å². The summed E-state index contributed by atoms with van der Waals surface area (Å²) in [6.07, 6.45) is 3.87. The van der Waals surface area contributed by atoms with Crippen LogP contribution in [0.3, 0.4) is 0 Å². The van der Waals surface area contributed by atoms with Gasteiger partial charge in [0.1, 0.15) is 5.82 Å². The first-order valence-electron chi connectivity index (χ1n) is 9.38. The molecule has 0 unspecified atom stereocenters. The molecule has 7 nitrogen and oxygen atoms in total. The van der Waals surface area contributed by atoms with E-state index in [9.17, 15) is 0 Å². The van der Waals surface area contributed by atoms with Crippen molar-refractivity contribution in [2.24, 2.45) is 0 Å². The summed E-state index contributed by atoms with van der Waals surface area (Å²) in [5.74, 6) is 2.88. The molecule has 1 fully saturated rings. The Balaban J connectivity index is 1.53. The van der Waals surface area contributed by atoms with Crippen LogP contribution in [0, 0.1) is 6.92 Å². The van der Waals surface area contributed by atoms with Crippen molar-refractivity contribution in [1.82, 2.24) is 29.8 Å². The van der Waals surface area contributed by atoms with E-state index in [0.29, 0.717) is 17.5 Å². The Hall–Kier alpha value is -2.19. The number of hydrogen-bond donors (Lipinski definition) is 0. The SMILES string of the molecule is Cc1noc(CSc2nnc(CN3CCCCC3)n2Cc2ccccc2)n1. The Morgan fingerprint density at radius 3 is 2.59 bits per heavy atom. The number of benzene rings is 1. The maximum atomic E-state index is 5.22. The van der Waals surface area contributed by atoms with Crippen molar-refractivity contribution in [3.63, 3.8) is 0 Å². The first kappa shape index (κ1) is 18.2. The van der Waals surface area contributed by atoms with Gasteiger partial charge in [0.25, 0.3) is 0 Å². The summed E-state index contributed by atoms with van der Waals surface area (Å²) in [5, 5.41) is 13.7. The Kier molecular flexibility index (Phi) is 5.84. The van der Waals surface area contributed by atoms with Crippen LogP contribution in [0.1, 0.15) is 42.4 Å². The lowest BCUT2D eigenvalue weighted by Gasteiger charge is -2.26. The first-order valence-corrected chi connectivity index (χ1v) is 10.4. The molecule has 0 spiro atoms. The lowest BCUT2D eigenvalue weighted by Crippen LogP contribution is -2.30.